The predicted molar refractivity (Wildman–Crippen MR) is 38.7 cm³/mol. The molecule has 3 nitrogen and oxygen atoms in total. The maximum Gasteiger partial charge on any atom is 1.00 e. The first-order valence-corrected chi connectivity index (χ1v) is 3.34. The minimum Gasteiger partial charge on any atom is -0.851 e. The average molecular weight is 211 g/mol. The van der Waals surface area contributed by atoms with Crippen molar-refractivity contribution in [2.75, 3.05) is 13.1 Å². The van der Waals surface area contributed by atoms with Crippen LogP contribution in [0, 0.1) is 0 Å². The van der Waals surface area contributed by atoms with Crippen LogP contribution in [-0.2, 0) is 17.1 Å². The Balaban J connectivity index is 0. The van der Waals surface area contributed by atoms with Crippen molar-refractivity contribution < 1.29 is 22.2 Å². The van der Waals surface area contributed by atoms with Crippen molar-refractivity contribution in [1.29, 1.82) is 0 Å². The summed E-state index contributed by atoms with van der Waals surface area (Å²) in [5.74, 6) is 0. The Hall–Kier alpha value is 0.169. The van der Waals surface area contributed by atoms with Gasteiger partial charge in [-0.05, 0) is 0 Å². The van der Waals surface area contributed by atoms with Gasteiger partial charge in [-0.3, -0.25) is 0 Å². The smallest absolute Gasteiger partial charge is 0.851 e. The van der Waals surface area contributed by atoms with Crippen molar-refractivity contribution in [2.45, 2.75) is 13.8 Å². The molecule has 0 aliphatic rings. The van der Waals surface area contributed by atoms with E-state index in [1.807, 2.05) is 13.8 Å². The molecule has 0 radical (unpaired) electrons. The second-order valence-electron chi connectivity index (χ2n) is 1.57. The van der Waals surface area contributed by atoms with E-state index in [0.717, 1.165) is 13.1 Å². The van der Waals surface area contributed by atoms with Crippen molar-refractivity contribution >= 4 is 17.4 Å². The first-order chi connectivity index (χ1) is 4.20. The van der Waals surface area contributed by atoms with E-state index in [1.54, 1.807) is 5.01 Å². The standard InChI is InChI=1S/C5H12N2OS.Cu/c1-3-7(4-2)6-5(8)9;/h3-4H2,1-2H3,(H2,6,8,9);/q;+1/p-1. The largest absolute Gasteiger partial charge is 1.00 e. The predicted octanol–water partition coefficient (Wildman–Crippen LogP) is -0.524. The fourth-order valence-electron chi connectivity index (χ4n) is 0.511. The molecular formula is C5H11CuN2OS. The van der Waals surface area contributed by atoms with Crippen LogP contribution in [-0.4, -0.2) is 23.3 Å². The van der Waals surface area contributed by atoms with E-state index in [-0.39, 0.29) is 17.1 Å². The zero-order valence-electron chi connectivity index (χ0n) is 5.98. The van der Waals surface area contributed by atoms with Crippen LogP contribution in [0.25, 0.3) is 0 Å². The van der Waals surface area contributed by atoms with Gasteiger partial charge in [0.15, 0.2) is 0 Å². The molecule has 0 bridgehead atoms. The van der Waals surface area contributed by atoms with E-state index in [4.69, 9.17) is 0 Å². The van der Waals surface area contributed by atoms with Crippen molar-refractivity contribution in [2.24, 2.45) is 0 Å². The maximum absolute atomic E-state index is 10.2. The minimum atomic E-state index is -0.418. The second-order valence-corrected chi connectivity index (χ2v) is 1.94. The third kappa shape index (κ3) is 6.29. The van der Waals surface area contributed by atoms with Gasteiger partial charge in [0.1, 0.15) is 0 Å². The third-order valence-corrected chi connectivity index (χ3v) is 1.10. The van der Waals surface area contributed by atoms with Crippen LogP contribution in [0.15, 0.2) is 0 Å². The quantitative estimate of drug-likeness (QED) is 0.387. The van der Waals surface area contributed by atoms with Crippen LogP contribution in [0.4, 0.5) is 0 Å². The molecule has 0 aromatic heterocycles. The van der Waals surface area contributed by atoms with E-state index in [9.17, 15) is 5.11 Å². The summed E-state index contributed by atoms with van der Waals surface area (Å²) in [6.45, 7) is 5.49. The number of hydrogen-bond acceptors (Lipinski definition) is 3. The van der Waals surface area contributed by atoms with Crippen molar-refractivity contribution in [3.63, 3.8) is 0 Å². The van der Waals surface area contributed by atoms with Crippen LogP contribution < -0.4 is 10.5 Å². The van der Waals surface area contributed by atoms with Gasteiger partial charge >= 0.3 is 17.1 Å². The SMILES string of the molecule is CCN(CC)NC([O-])=S.[Cu+]. The topological polar surface area (TPSA) is 38.3 Å². The Morgan fingerprint density at radius 1 is 1.50 bits per heavy atom. The normalized spacial score (nSPS) is 8.70. The van der Waals surface area contributed by atoms with Crippen LogP contribution >= 0.6 is 12.2 Å². The zero-order chi connectivity index (χ0) is 7.28. The summed E-state index contributed by atoms with van der Waals surface area (Å²) >= 11 is 4.30. The zero-order valence-corrected chi connectivity index (χ0v) is 7.74. The molecule has 5 heteroatoms. The number of hydrogen-bond donors (Lipinski definition) is 1. The van der Waals surface area contributed by atoms with Crippen molar-refractivity contribution in [3.05, 3.63) is 0 Å². The monoisotopic (exact) mass is 210 g/mol. The summed E-state index contributed by atoms with van der Waals surface area (Å²) in [6, 6.07) is 0. The molecular weight excluding hydrogens is 200 g/mol. The molecule has 0 saturated carbocycles. The van der Waals surface area contributed by atoms with Gasteiger partial charge in [0.25, 0.3) is 0 Å². The molecule has 10 heavy (non-hydrogen) atoms. The Kier molecular flexibility index (Phi) is 9.32. The number of thiocarbonyl (C=S) groups is 1. The third-order valence-electron chi connectivity index (χ3n) is 1.01. The molecule has 0 heterocycles. The molecule has 0 amide bonds. The summed E-state index contributed by atoms with van der Waals surface area (Å²) in [5, 5.41) is 11.6. The van der Waals surface area contributed by atoms with E-state index in [0.29, 0.717) is 0 Å². The molecule has 0 aromatic carbocycles. The first-order valence-electron chi connectivity index (χ1n) is 2.93. The van der Waals surface area contributed by atoms with Crippen LogP contribution in [0.1, 0.15) is 13.8 Å². The average Bonchev–Trinajstić information content (AvgIpc) is 1.82. The fourth-order valence-corrected chi connectivity index (χ4v) is 0.640. The van der Waals surface area contributed by atoms with Crippen LogP contribution in [0.5, 0.6) is 0 Å². The molecule has 0 atom stereocenters. The Bertz CT molecular complexity index is 97.6. The maximum atomic E-state index is 10.2. The van der Waals surface area contributed by atoms with Gasteiger partial charge in [0, 0.05) is 18.3 Å². The van der Waals surface area contributed by atoms with Gasteiger partial charge in [-0.2, -0.15) is 0 Å². The molecule has 0 saturated heterocycles. The number of rotatable bonds is 3. The summed E-state index contributed by atoms with van der Waals surface area (Å²) in [5.41, 5.74) is 2.49. The Morgan fingerprint density at radius 2 is 1.90 bits per heavy atom. The molecule has 1 N–H and O–H groups in total. The Morgan fingerprint density at radius 3 is 2.00 bits per heavy atom. The molecule has 0 unspecified atom stereocenters. The summed E-state index contributed by atoms with van der Waals surface area (Å²) in [4.78, 5) is 0. The van der Waals surface area contributed by atoms with Gasteiger partial charge in [-0.25, -0.2) is 5.01 Å². The number of nitrogens with zero attached hydrogens (tertiary/aromatic N) is 1. The first kappa shape index (κ1) is 12.8. The molecule has 0 spiro atoms. The molecule has 0 rings (SSSR count). The number of hydrazine groups is 1. The summed E-state index contributed by atoms with van der Waals surface area (Å²) < 4.78 is 0. The molecule has 0 aliphatic carbocycles. The molecule has 64 valence electrons. The van der Waals surface area contributed by atoms with E-state index in [2.05, 4.69) is 17.6 Å². The Labute approximate surface area is 77.2 Å². The molecule has 0 aromatic rings. The second kappa shape index (κ2) is 7.28. The molecule has 0 aliphatic heterocycles. The molecule has 0 fully saturated rings. The van der Waals surface area contributed by atoms with Crippen LogP contribution in [0.2, 0.25) is 0 Å². The van der Waals surface area contributed by atoms with Crippen LogP contribution in [0.3, 0.4) is 0 Å². The summed E-state index contributed by atoms with van der Waals surface area (Å²) in [6.07, 6.45) is 0. The van der Waals surface area contributed by atoms with E-state index >= 15 is 0 Å². The fraction of sp³-hybridized carbons (Fsp3) is 0.800. The van der Waals surface area contributed by atoms with Gasteiger partial charge in [0.2, 0.25) is 0 Å². The van der Waals surface area contributed by atoms with Gasteiger partial charge < -0.3 is 10.5 Å². The van der Waals surface area contributed by atoms with E-state index < -0.39 is 5.17 Å². The minimum absolute atomic E-state index is 0. The summed E-state index contributed by atoms with van der Waals surface area (Å²) in [7, 11) is 0. The van der Waals surface area contributed by atoms with Gasteiger partial charge in [0.05, 0.1) is 0 Å². The van der Waals surface area contributed by atoms with Crippen molar-refractivity contribution in [3.8, 4) is 0 Å². The van der Waals surface area contributed by atoms with Gasteiger partial charge in [-0.15, -0.1) is 0 Å². The van der Waals surface area contributed by atoms with E-state index in [1.165, 1.54) is 0 Å². The number of nitrogens with one attached hydrogen (secondary N) is 1. The van der Waals surface area contributed by atoms with Crippen molar-refractivity contribution in [1.82, 2.24) is 10.4 Å². The van der Waals surface area contributed by atoms with Gasteiger partial charge in [-0.1, -0.05) is 26.1 Å².